The summed E-state index contributed by atoms with van der Waals surface area (Å²) in [6.07, 6.45) is 4.55. The second-order valence-electron chi connectivity index (χ2n) is 20.4. The molecular weight excluding hydrogens is 787 g/mol. The van der Waals surface area contributed by atoms with Crippen LogP contribution in [0.25, 0.3) is 32.9 Å². The Bertz CT molecular complexity index is 2130. The first kappa shape index (κ1) is 44.4. The molecule has 2 aliphatic heterocycles. The number of amides is 1. The normalized spacial score (nSPS) is 19.8. The number of halogens is 2. The number of ether oxygens (including phenoxy) is 2. The van der Waals surface area contributed by atoms with Gasteiger partial charge < -0.3 is 23.2 Å². The van der Waals surface area contributed by atoms with E-state index in [0.29, 0.717) is 54.1 Å². The Labute approximate surface area is 352 Å². The minimum absolute atomic E-state index is 0.00757. The van der Waals surface area contributed by atoms with Gasteiger partial charge in [-0.3, -0.25) is 4.98 Å². The first-order chi connectivity index (χ1) is 26.9. The Morgan fingerprint density at radius 3 is 2.10 bits per heavy atom. The summed E-state index contributed by atoms with van der Waals surface area (Å²) < 4.78 is 43.2. The molecule has 3 atom stereocenters. The lowest BCUT2D eigenvalue weighted by molar-refractivity contribution is 0.00568. The summed E-state index contributed by atoms with van der Waals surface area (Å²) in [5.41, 5.74) is 0.950. The standard InChI is InChI=1S/C45H64ClFN4O5Si2/c1-43(2,3)56-42(52)51-30-20-21-31(51)25-29(24-30)38-34-26-48-39(33-18-14-16-28-17-15-19-35(46)36(28)33)37(47)40(34)50-41(49-38)55-32(27-54-58(12,13)45(7,8)9)22-23-53-57(10,11)44(4,5)6/h14-19,26,29-32H,20-25,27H2,1-13H3/t29?,30?,31?,32-/m0/s1. The summed E-state index contributed by atoms with van der Waals surface area (Å²) in [5, 5.41) is 2.69. The van der Waals surface area contributed by atoms with Gasteiger partial charge in [0.15, 0.2) is 22.5 Å². The van der Waals surface area contributed by atoms with Crippen molar-refractivity contribution in [3.63, 3.8) is 0 Å². The molecular formula is C45H64ClFN4O5Si2. The Morgan fingerprint density at radius 2 is 1.50 bits per heavy atom. The van der Waals surface area contributed by atoms with Crippen molar-refractivity contribution in [2.24, 2.45) is 0 Å². The molecule has 0 spiro atoms. The van der Waals surface area contributed by atoms with E-state index >= 15 is 4.39 Å². The lowest BCUT2D eigenvalue weighted by Crippen LogP contribution is -2.48. The topological polar surface area (TPSA) is 95.9 Å². The van der Waals surface area contributed by atoms with Gasteiger partial charge in [0.05, 0.1) is 12.3 Å². The summed E-state index contributed by atoms with van der Waals surface area (Å²) >= 11 is 6.73. The first-order valence-corrected chi connectivity index (χ1v) is 27.1. The van der Waals surface area contributed by atoms with Gasteiger partial charge in [-0.05, 0) is 94.2 Å². The highest BCUT2D eigenvalue weighted by Gasteiger charge is 2.46. The fraction of sp³-hybridized carbons (Fsp3) is 0.600. The zero-order valence-corrected chi connectivity index (χ0v) is 39.6. The van der Waals surface area contributed by atoms with Gasteiger partial charge in [-0.15, -0.1) is 0 Å². The van der Waals surface area contributed by atoms with E-state index in [4.69, 9.17) is 44.9 Å². The third-order valence-electron chi connectivity index (χ3n) is 12.9. The third kappa shape index (κ3) is 9.41. The van der Waals surface area contributed by atoms with E-state index in [1.807, 2.05) is 56.0 Å². The van der Waals surface area contributed by atoms with Crippen LogP contribution < -0.4 is 4.74 Å². The number of hydrogen-bond donors (Lipinski definition) is 0. The van der Waals surface area contributed by atoms with Crippen molar-refractivity contribution in [1.82, 2.24) is 19.9 Å². The molecule has 2 aromatic heterocycles. The van der Waals surface area contributed by atoms with Crippen LogP contribution in [0.4, 0.5) is 9.18 Å². The van der Waals surface area contributed by atoms with Gasteiger partial charge in [-0.1, -0.05) is 83.5 Å². The maximum Gasteiger partial charge on any atom is 0.410 e. The van der Waals surface area contributed by atoms with Crippen LogP contribution in [0.2, 0.25) is 41.3 Å². The van der Waals surface area contributed by atoms with Crippen molar-refractivity contribution >= 4 is 56.0 Å². The average Bonchev–Trinajstić information content (AvgIpc) is 3.38. The number of rotatable bonds is 11. The maximum absolute atomic E-state index is 17.3. The highest BCUT2D eigenvalue weighted by Crippen LogP contribution is 2.46. The van der Waals surface area contributed by atoms with Gasteiger partial charge in [-0.25, -0.2) is 9.18 Å². The molecule has 2 fully saturated rings. The molecule has 2 saturated heterocycles. The molecule has 2 aliphatic rings. The summed E-state index contributed by atoms with van der Waals surface area (Å²) in [6, 6.07) is 11.3. The third-order valence-corrected chi connectivity index (χ3v) is 22.3. The largest absolute Gasteiger partial charge is 0.458 e. The molecule has 4 aromatic rings. The van der Waals surface area contributed by atoms with Crippen molar-refractivity contribution in [3.05, 3.63) is 59.1 Å². The number of benzene rings is 2. The lowest BCUT2D eigenvalue weighted by Gasteiger charge is -2.39. The fourth-order valence-corrected chi connectivity index (χ4v) is 10.0. The minimum atomic E-state index is -2.17. The van der Waals surface area contributed by atoms with Crippen molar-refractivity contribution in [2.45, 2.75) is 160 Å². The summed E-state index contributed by atoms with van der Waals surface area (Å²) in [5.74, 6) is -0.658. The van der Waals surface area contributed by atoms with Crippen LogP contribution in [-0.4, -0.2) is 79.6 Å². The Balaban J connectivity index is 1.43. The Hall–Kier alpha value is -3.17. The van der Waals surface area contributed by atoms with Gasteiger partial charge in [0, 0.05) is 58.6 Å². The molecule has 4 heterocycles. The van der Waals surface area contributed by atoms with Gasteiger partial charge in [-0.2, -0.15) is 9.97 Å². The predicted octanol–water partition coefficient (Wildman–Crippen LogP) is 12.5. The number of fused-ring (bicyclic) bond motifs is 4. The molecule has 0 saturated carbocycles. The van der Waals surface area contributed by atoms with Gasteiger partial charge >= 0.3 is 12.1 Å². The highest BCUT2D eigenvalue weighted by atomic mass is 35.5. The molecule has 9 nitrogen and oxygen atoms in total. The number of carbonyl (C=O) groups is 1. The van der Waals surface area contributed by atoms with Gasteiger partial charge in [0.2, 0.25) is 0 Å². The second kappa shape index (κ2) is 16.4. The van der Waals surface area contributed by atoms with E-state index < -0.39 is 34.2 Å². The van der Waals surface area contributed by atoms with Crippen LogP contribution in [0.5, 0.6) is 6.01 Å². The Morgan fingerprint density at radius 1 is 0.897 bits per heavy atom. The monoisotopic (exact) mass is 850 g/mol. The van der Waals surface area contributed by atoms with E-state index in [1.54, 1.807) is 12.3 Å². The number of pyridine rings is 1. The van der Waals surface area contributed by atoms with Gasteiger partial charge in [0.1, 0.15) is 22.9 Å². The second-order valence-corrected chi connectivity index (χ2v) is 30.4. The van der Waals surface area contributed by atoms with Crippen LogP contribution in [-0.2, 0) is 13.6 Å². The van der Waals surface area contributed by atoms with Crippen LogP contribution in [0, 0.1) is 5.82 Å². The van der Waals surface area contributed by atoms with Crippen LogP contribution in [0.3, 0.4) is 0 Å². The smallest absolute Gasteiger partial charge is 0.410 e. The predicted molar refractivity (Wildman–Crippen MR) is 237 cm³/mol. The van der Waals surface area contributed by atoms with Crippen LogP contribution >= 0.6 is 11.6 Å². The molecule has 0 N–H and O–H groups in total. The van der Waals surface area contributed by atoms with E-state index in [-0.39, 0.29) is 51.4 Å². The molecule has 58 heavy (non-hydrogen) atoms. The molecule has 2 unspecified atom stereocenters. The summed E-state index contributed by atoms with van der Waals surface area (Å²) in [4.78, 5) is 30.0. The SMILES string of the molecule is CC(C)(C)OC(=O)N1C2CCC1CC(c1nc(O[C@@H](CCO[Si](C)(C)C(C)(C)C)CO[Si](C)(C)C(C)(C)C)nc3c(F)c(-c4cccc5cccc(Cl)c45)ncc13)C2. The van der Waals surface area contributed by atoms with Crippen LogP contribution in [0.1, 0.15) is 106 Å². The van der Waals surface area contributed by atoms with E-state index in [9.17, 15) is 4.79 Å². The fourth-order valence-electron chi connectivity index (χ4n) is 7.62. The highest BCUT2D eigenvalue weighted by molar-refractivity contribution is 6.74. The van der Waals surface area contributed by atoms with Crippen molar-refractivity contribution < 1.29 is 27.5 Å². The maximum atomic E-state index is 17.3. The van der Waals surface area contributed by atoms with Gasteiger partial charge in [0.25, 0.3) is 0 Å². The van der Waals surface area contributed by atoms with Crippen molar-refractivity contribution in [1.29, 1.82) is 0 Å². The van der Waals surface area contributed by atoms with Crippen LogP contribution in [0.15, 0.2) is 42.6 Å². The first-order valence-electron chi connectivity index (χ1n) is 20.9. The zero-order valence-electron chi connectivity index (χ0n) is 36.9. The molecule has 316 valence electrons. The molecule has 6 rings (SSSR count). The number of piperidine rings is 1. The average molecular weight is 852 g/mol. The zero-order chi connectivity index (χ0) is 42.6. The molecule has 1 amide bonds. The molecule has 0 aliphatic carbocycles. The van der Waals surface area contributed by atoms with Crippen molar-refractivity contribution in [3.8, 4) is 17.3 Å². The molecule has 2 aromatic carbocycles. The quantitative estimate of drug-likeness (QED) is 0.138. The van der Waals surface area contributed by atoms with E-state index in [2.05, 4.69) is 67.7 Å². The summed E-state index contributed by atoms with van der Waals surface area (Å²) in [6.45, 7) is 28.7. The lowest BCUT2D eigenvalue weighted by atomic mass is 9.86. The number of hydrogen-bond acceptors (Lipinski definition) is 8. The Kier molecular flexibility index (Phi) is 12.5. The minimum Gasteiger partial charge on any atom is -0.458 e. The summed E-state index contributed by atoms with van der Waals surface area (Å²) in [7, 11) is -4.21. The number of nitrogens with zero attached hydrogens (tertiary/aromatic N) is 4. The number of carbonyl (C=O) groups excluding carboxylic acids is 1. The van der Waals surface area contributed by atoms with E-state index in [1.165, 1.54) is 0 Å². The molecule has 2 bridgehead atoms. The number of aromatic nitrogens is 3. The molecule has 0 radical (unpaired) electrons. The molecule has 13 heteroatoms. The van der Waals surface area contributed by atoms with E-state index in [0.717, 1.165) is 23.6 Å². The van der Waals surface area contributed by atoms with Crippen molar-refractivity contribution in [2.75, 3.05) is 13.2 Å².